The van der Waals surface area contributed by atoms with Crippen LogP contribution in [0.2, 0.25) is 0 Å². The smallest absolute Gasteiger partial charge is 0.434 e. The van der Waals surface area contributed by atoms with Crippen molar-refractivity contribution >= 4 is 23.7 Å². The maximum Gasteiger partial charge on any atom is 0.513 e. The van der Waals surface area contributed by atoms with Crippen molar-refractivity contribution < 1.29 is 23.9 Å². The van der Waals surface area contributed by atoms with E-state index in [1.165, 1.54) is 25.0 Å². The Morgan fingerprint density at radius 2 is 1.65 bits per heavy atom. The van der Waals surface area contributed by atoms with Gasteiger partial charge in [-0.1, -0.05) is 25.0 Å². The van der Waals surface area contributed by atoms with E-state index in [2.05, 4.69) is 10.6 Å². The molecule has 7 heteroatoms. The van der Waals surface area contributed by atoms with Gasteiger partial charge in [0.15, 0.2) is 0 Å². The van der Waals surface area contributed by atoms with Gasteiger partial charge in [0.25, 0.3) is 5.91 Å². The molecule has 1 aliphatic rings. The molecular formula is C24H28N2O5. The first-order valence-electron chi connectivity index (χ1n) is 10.6. The Morgan fingerprint density at radius 1 is 0.968 bits per heavy atom. The Morgan fingerprint density at radius 3 is 2.29 bits per heavy atom. The van der Waals surface area contributed by atoms with Gasteiger partial charge in [-0.3, -0.25) is 9.59 Å². The number of nitrogens with one attached hydrogen (secondary N) is 2. The van der Waals surface area contributed by atoms with Gasteiger partial charge in [0.05, 0.1) is 6.61 Å². The second-order valence-electron chi connectivity index (χ2n) is 7.59. The number of hydrogen-bond donors (Lipinski definition) is 2. The highest BCUT2D eigenvalue weighted by Crippen LogP contribution is 2.27. The van der Waals surface area contributed by atoms with Gasteiger partial charge in [0.1, 0.15) is 5.75 Å². The molecule has 1 saturated carbocycles. The lowest BCUT2D eigenvalue weighted by Gasteiger charge is -2.10. The van der Waals surface area contributed by atoms with Crippen LogP contribution in [0.15, 0.2) is 48.5 Å². The van der Waals surface area contributed by atoms with Crippen molar-refractivity contribution in [2.45, 2.75) is 45.6 Å². The minimum Gasteiger partial charge on any atom is -0.434 e. The minimum absolute atomic E-state index is 0.0969. The van der Waals surface area contributed by atoms with Gasteiger partial charge in [-0.2, -0.15) is 0 Å². The number of hydrogen-bond acceptors (Lipinski definition) is 5. The van der Waals surface area contributed by atoms with Crippen LogP contribution in [0.1, 0.15) is 54.9 Å². The zero-order valence-electron chi connectivity index (χ0n) is 17.7. The van der Waals surface area contributed by atoms with Crippen molar-refractivity contribution in [3.8, 4) is 5.75 Å². The highest BCUT2D eigenvalue weighted by Gasteiger charge is 2.18. The normalized spacial score (nSPS) is 13.5. The van der Waals surface area contributed by atoms with Crippen molar-refractivity contribution in [3.63, 3.8) is 0 Å². The summed E-state index contributed by atoms with van der Waals surface area (Å²) in [7, 11) is 0. The van der Waals surface area contributed by atoms with Crippen LogP contribution in [0.3, 0.4) is 0 Å². The highest BCUT2D eigenvalue weighted by molar-refractivity contribution is 6.04. The van der Waals surface area contributed by atoms with Gasteiger partial charge in [0, 0.05) is 24.2 Å². The van der Waals surface area contributed by atoms with Crippen molar-refractivity contribution in [3.05, 3.63) is 59.7 Å². The summed E-state index contributed by atoms with van der Waals surface area (Å²) >= 11 is 0. The standard InChI is InChI=1S/C24H28N2O5/c1-2-30-24(29)31-21-13-9-19(10-14-21)23(28)26-20-11-7-18(8-12-20)16-25-22(27)15-17-5-3-4-6-17/h7-14,17H,2-6,15-16H2,1H3,(H,25,27)(H,26,28). The molecule has 2 aromatic rings. The van der Waals surface area contributed by atoms with E-state index in [9.17, 15) is 14.4 Å². The molecule has 1 fully saturated rings. The molecule has 0 spiro atoms. The summed E-state index contributed by atoms with van der Waals surface area (Å²) in [6.07, 6.45) is 4.60. The molecule has 0 heterocycles. The molecule has 0 saturated heterocycles. The number of carbonyl (C=O) groups is 3. The zero-order valence-corrected chi connectivity index (χ0v) is 17.7. The Kier molecular flexibility index (Phi) is 8.04. The third kappa shape index (κ3) is 7.13. The summed E-state index contributed by atoms with van der Waals surface area (Å²) in [4.78, 5) is 35.8. The van der Waals surface area contributed by atoms with Crippen LogP contribution >= 0.6 is 0 Å². The fourth-order valence-corrected chi connectivity index (χ4v) is 3.58. The number of benzene rings is 2. The summed E-state index contributed by atoms with van der Waals surface area (Å²) in [5.74, 6) is 0.651. The molecule has 164 valence electrons. The zero-order chi connectivity index (χ0) is 22.1. The van der Waals surface area contributed by atoms with Crippen molar-refractivity contribution in [2.24, 2.45) is 5.92 Å². The Balaban J connectivity index is 1.45. The first kappa shape index (κ1) is 22.3. The molecular weight excluding hydrogens is 396 g/mol. The Bertz CT molecular complexity index is 887. The maximum atomic E-state index is 12.4. The summed E-state index contributed by atoms with van der Waals surface area (Å²) in [6, 6.07) is 13.6. The second kappa shape index (κ2) is 11.2. The molecule has 2 aromatic carbocycles. The lowest BCUT2D eigenvalue weighted by Crippen LogP contribution is -2.24. The van der Waals surface area contributed by atoms with E-state index in [4.69, 9.17) is 9.47 Å². The van der Waals surface area contributed by atoms with E-state index in [0.717, 1.165) is 18.4 Å². The van der Waals surface area contributed by atoms with Gasteiger partial charge in [-0.15, -0.1) is 0 Å². The topological polar surface area (TPSA) is 93.7 Å². The van der Waals surface area contributed by atoms with Gasteiger partial charge < -0.3 is 20.1 Å². The Labute approximate surface area is 182 Å². The average molecular weight is 424 g/mol. The first-order valence-corrected chi connectivity index (χ1v) is 10.6. The fraction of sp³-hybridized carbons (Fsp3) is 0.375. The van der Waals surface area contributed by atoms with Crippen LogP contribution in [-0.4, -0.2) is 24.6 Å². The quantitative estimate of drug-likeness (QED) is 0.474. The molecule has 0 atom stereocenters. The summed E-state index contributed by atoms with van der Waals surface area (Å²) < 4.78 is 9.68. The first-order chi connectivity index (χ1) is 15.0. The van der Waals surface area contributed by atoms with Crippen LogP contribution in [0.5, 0.6) is 5.75 Å². The Hall–Kier alpha value is -3.35. The maximum absolute atomic E-state index is 12.4. The summed E-state index contributed by atoms with van der Waals surface area (Å²) in [5.41, 5.74) is 2.05. The molecule has 3 rings (SSSR count). The van der Waals surface area contributed by atoms with Crippen LogP contribution < -0.4 is 15.4 Å². The summed E-state index contributed by atoms with van der Waals surface area (Å²) in [6.45, 7) is 2.39. The molecule has 1 aliphatic carbocycles. The monoisotopic (exact) mass is 424 g/mol. The SMILES string of the molecule is CCOC(=O)Oc1ccc(C(=O)Nc2ccc(CNC(=O)CC3CCCC3)cc2)cc1. The number of ether oxygens (including phenoxy) is 2. The van der Waals surface area contributed by atoms with E-state index >= 15 is 0 Å². The lowest BCUT2D eigenvalue weighted by atomic mass is 10.0. The predicted molar refractivity (Wildman–Crippen MR) is 117 cm³/mol. The van der Waals surface area contributed by atoms with Crippen molar-refractivity contribution in [1.82, 2.24) is 5.32 Å². The number of anilines is 1. The molecule has 7 nitrogen and oxygen atoms in total. The number of amides is 2. The second-order valence-corrected chi connectivity index (χ2v) is 7.59. The fourth-order valence-electron chi connectivity index (χ4n) is 3.58. The molecule has 2 amide bonds. The number of rotatable bonds is 8. The highest BCUT2D eigenvalue weighted by atomic mass is 16.7. The van der Waals surface area contributed by atoms with Crippen molar-refractivity contribution in [1.29, 1.82) is 0 Å². The number of carbonyl (C=O) groups excluding carboxylic acids is 3. The van der Waals surface area contributed by atoms with Gasteiger partial charge >= 0.3 is 6.16 Å². The van der Waals surface area contributed by atoms with Gasteiger partial charge in [0.2, 0.25) is 5.91 Å². The van der Waals surface area contributed by atoms with Crippen LogP contribution in [-0.2, 0) is 16.1 Å². The van der Waals surface area contributed by atoms with E-state index in [1.54, 1.807) is 31.2 Å². The van der Waals surface area contributed by atoms with E-state index in [1.807, 2.05) is 12.1 Å². The molecule has 31 heavy (non-hydrogen) atoms. The van der Waals surface area contributed by atoms with Crippen LogP contribution in [0.4, 0.5) is 10.5 Å². The third-order valence-corrected chi connectivity index (χ3v) is 5.23. The average Bonchev–Trinajstić information content (AvgIpc) is 3.27. The predicted octanol–water partition coefficient (Wildman–Crippen LogP) is 4.67. The van der Waals surface area contributed by atoms with Gasteiger partial charge in [-0.25, -0.2) is 4.79 Å². The molecule has 2 N–H and O–H groups in total. The van der Waals surface area contributed by atoms with Crippen LogP contribution in [0.25, 0.3) is 0 Å². The van der Waals surface area contributed by atoms with E-state index in [0.29, 0.717) is 35.9 Å². The molecule has 0 aromatic heterocycles. The van der Waals surface area contributed by atoms with Crippen molar-refractivity contribution in [2.75, 3.05) is 11.9 Å². The van der Waals surface area contributed by atoms with E-state index < -0.39 is 6.16 Å². The van der Waals surface area contributed by atoms with Crippen LogP contribution in [0, 0.1) is 5.92 Å². The molecule has 0 radical (unpaired) electrons. The molecule has 0 unspecified atom stereocenters. The third-order valence-electron chi connectivity index (χ3n) is 5.23. The molecule has 0 aliphatic heterocycles. The van der Waals surface area contributed by atoms with E-state index in [-0.39, 0.29) is 18.4 Å². The lowest BCUT2D eigenvalue weighted by molar-refractivity contribution is -0.122. The van der Waals surface area contributed by atoms with Gasteiger partial charge in [-0.05, 0) is 67.6 Å². The largest absolute Gasteiger partial charge is 0.513 e. The summed E-state index contributed by atoms with van der Waals surface area (Å²) in [5, 5.41) is 5.79. The minimum atomic E-state index is -0.783. The molecule has 0 bridgehead atoms.